The van der Waals surface area contributed by atoms with E-state index in [1.165, 1.54) is 6.07 Å². The minimum Gasteiger partial charge on any atom is -0.373 e. The van der Waals surface area contributed by atoms with Crippen LogP contribution in [0.5, 0.6) is 0 Å². The lowest BCUT2D eigenvalue weighted by molar-refractivity contribution is -0.192. The fourth-order valence-corrected chi connectivity index (χ4v) is 3.03. The second-order valence-corrected chi connectivity index (χ2v) is 5.71. The van der Waals surface area contributed by atoms with Gasteiger partial charge >= 0.3 is 0 Å². The molecule has 0 N–H and O–H groups in total. The molecule has 1 aromatic carbocycles. The summed E-state index contributed by atoms with van der Waals surface area (Å²) in [5.41, 5.74) is 0.695. The van der Waals surface area contributed by atoms with Crippen molar-refractivity contribution in [1.82, 2.24) is 0 Å². The highest BCUT2D eigenvalue weighted by Gasteiger charge is 2.40. The van der Waals surface area contributed by atoms with Gasteiger partial charge in [0.05, 0.1) is 30.9 Å². The highest BCUT2D eigenvalue weighted by Crippen LogP contribution is 2.37. The monoisotopic (exact) mass is 300 g/mol. The summed E-state index contributed by atoms with van der Waals surface area (Å²) in [6.07, 6.45) is 3.66. The predicted molar refractivity (Wildman–Crippen MR) is 73.1 cm³/mol. The highest BCUT2D eigenvalue weighted by atomic mass is 35.5. The highest BCUT2D eigenvalue weighted by molar-refractivity contribution is 6.31. The Labute approximate surface area is 123 Å². The van der Waals surface area contributed by atoms with Crippen molar-refractivity contribution in [1.29, 1.82) is 0 Å². The number of hydrogen-bond donors (Lipinski definition) is 0. The van der Waals surface area contributed by atoms with Crippen LogP contribution >= 0.6 is 11.6 Å². The first kappa shape index (κ1) is 14.3. The number of rotatable bonds is 3. The average molecular weight is 301 g/mol. The Balaban J connectivity index is 1.51. The van der Waals surface area contributed by atoms with Crippen LogP contribution in [0.1, 0.15) is 31.2 Å². The summed E-state index contributed by atoms with van der Waals surface area (Å²) in [4.78, 5) is 0. The lowest BCUT2D eigenvalue weighted by Gasteiger charge is -2.35. The van der Waals surface area contributed by atoms with Gasteiger partial charge < -0.3 is 14.2 Å². The molecule has 2 fully saturated rings. The van der Waals surface area contributed by atoms with E-state index in [1.54, 1.807) is 12.1 Å². The molecule has 0 amide bonds. The fourth-order valence-electron chi connectivity index (χ4n) is 2.85. The molecule has 1 aliphatic heterocycles. The van der Waals surface area contributed by atoms with E-state index in [9.17, 15) is 4.39 Å². The first-order valence-electron chi connectivity index (χ1n) is 7.01. The van der Waals surface area contributed by atoms with E-state index in [-0.39, 0.29) is 16.9 Å². The van der Waals surface area contributed by atoms with E-state index in [0.717, 1.165) is 25.7 Å². The van der Waals surface area contributed by atoms with Crippen molar-refractivity contribution < 1.29 is 18.6 Å². The minimum absolute atomic E-state index is 0.155. The van der Waals surface area contributed by atoms with Gasteiger partial charge in [0.1, 0.15) is 5.82 Å². The molecule has 2 aliphatic rings. The standard InChI is InChI=1S/C15H18ClFO3/c16-14-11(2-1-3-13(14)17)10-18-12-4-6-15(7-5-12)19-8-9-20-15/h1-3,12H,4-10H2. The Bertz CT molecular complexity index is 464. The molecule has 0 unspecified atom stereocenters. The summed E-state index contributed by atoms with van der Waals surface area (Å²) in [5.74, 6) is -0.765. The molecule has 0 atom stereocenters. The first-order valence-corrected chi connectivity index (χ1v) is 7.39. The van der Waals surface area contributed by atoms with Gasteiger partial charge in [0.2, 0.25) is 0 Å². The minimum atomic E-state index is -0.400. The van der Waals surface area contributed by atoms with Crippen molar-refractivity contribution in [3.8, 4) is 0 Å². The number of hydrogen-bond acceptors (Lipinski definition) is 3. The number of halogens is 2. The van der Waals surface area contributed by atoms with Crippen LogP contribution in [0.2, 0.25) is 5.02 Å². The molecule has 1 aromatic rings. The second-order valence-electron chi connectivity index (χ2n) is 5.33. The molecule has 1 heterocycles. The maximum atomic E-state index is 13.3. The molecule has 1 saturated heterocycles. The zero-order valence-corrected chi connectivity index (χ0v) is 12.0. The SMILES string of the molecule is Fc1cccc(COC2CCC3(CC2)OCCO3)c1Cl. The van der Waals surface area contributed by atoms with Crippen LogP contribution in [0.3, 0.4) is 0 Å². The zero-order valence-electron chi connectivity index (χ0n) is 11.2. The molecule has 20 heavy (non-hydrogen) atoms. The largest absolute Gasteiger partial charge is 0.373 e. The van der Waals surface area contributed by atoms with Crippen LogP contribution in [0.4, 0.5) is 4.39 Å². The third-order valence-corrected chi connectivity index (χ3v) is 4.44. The molecule has 0 bridgehead atoms. The number of ether oxygens (including phenoxy) is 3. The second kappa shape index (κ2) is 5.98. The van der Waals surface area contributed by atoms with Crippen molar-refractivity contribution in [2.45, 2.75) is 44.2 Å². The van der Waals surface area contributed by atoms with Crippen LogP contribution in [-0.2, 0) is 20.8 Å². The van der Waals surface area contributed by atoms with E-state index in [4.69, 9.17) is 25.8 Å². The van der Waals surface area contributed by atoms with Crippen molar-refractivity contribution in [2.75, 3.05) is 13.2 Å². The quantitative estimate of drug-likeness (QED) is 0.852. The van der Waals surface area contributed by atoms with Gasteiger partial charge in [-0.05, 0) is 24.5 Å². The summed E-state index contributed by atoms with van der Waals surface area (Å²) in [7, 11) is 0. The molecule has 5 heteroatoms. The number of benzene rings is 1. The van der Waals surface area contributed by atoms with Crippen LogP contribution < -0.4 is 0 Å². The predicted octanol–water partition coefficient (Wildman–Crippen LogP) is 3.68. The van der Waals surface area contributed by atoms with Crippen LogP contribution in [-0.4, -0.2) is 25.1 Å². The summed E-state index contributed by atoms with van der Waals surface area (Å²) in [5, 5.41) is 0.155. The average Bonchev–Trinajstić information content (AvgIpc) is 2.91. The summed E-state index contributed by atoms with van der Waals surface area (Å²) >= 11 is 5.91. The van der Waals surface area contributed by atoms with Gasteiger partial charge in [0.25, 0.3) is 0 Å². The van der Waals surface area contributed by atoms with Crippen LogP contribution in [0.25, 0.3) is 0 Å². The topological polar surface area (TPSA) is 27.7 Å². The summed E-state index contributed by atoms with van der Waals surface area (Å²) in [6, 6.07) is 4.79. The van der Waals surface area contributed by atoms with E-state index in [1.807, 2.05) is 0 Å². The molecular formula is C15H18ClFO3. The van der Waals surface area contributed by atoms with Crippen LogP contribution in [0.15, 0.2) is 18.2 Å². The Kier molecular flexibility index (Phi) is 4.26. The van der Waals surface area contributed by atoms with Gasteiger partial charge in [0, 0.05) is 12.8 Å². The third kappa shape index (κ3) is 2.98. The van der Waals surface area contributed by atoms with E-state index >= 15 is 0 Å². The lowest BCUT2D eigenvalue weighted by Crippen LogP contribution is -2.37. The maximum Gasteiger partial charge on any atom is 0.168 e. The van der Waals surface area contributed by atoms with Gasteiger partial charge in [-0.2, -0.15) is 0 Å². The van der Waals surface area contributed by atoms with Crippen molar-refractivity contribution in [2.24, 2.45) is 0 Å². The maximum absolute atomic E-state index is 13.3. The Morgan fingerprint density at radius 3 is 2.65 bits per heavy atom. The van der Waals surface area contributed by atoms with Gasteiger partial charge in [-0.1, -0.05) is 23.7 Å². The summed E-state index contributed by atoms with van der Waals surface area (Å²) in [6.45, 7) is 1.71. The molecule has 3 rings (SSSR count). The van der Waals surface area contributed by atoms with Crippen LogP contribution in [0, 0.1) is 5.82 Å². The Hall–Kier alpha value is -0.680. The molecule has 1 saturated carbocycles. The van der Waals surface area contributed by atoms with E-state index in [0.29, 0.717) is 25.4 Å². The molecule has 110 valence electrons. The molecule has 0 radical (unpaired) electrons. The fraction of sp³-hybridized carbons (Fsp3) is 0.600. The lowest BCUT2D eigenvalue weighted by atomic mass is 9.92. The van der Waals surface area contributed by atoms with Crippen molar-refractivity contribution in [3.63, 3.8) is 0 Å². The molecule has 1 aliphatic carbocycles. The zero-order chi connectivity index (χ0) is 14.0. The van der Waals surface area contributed by atoms with Crippen molar-refractivity contribution in [3.05, 3.63) is 34.6 Å². The normalized spacial score (nSPS) is 22.5. The van der Waals surface area contributed by atoms with Crippen molar-refractivity contribution >= 4 is 11.6 Å². The first-order chi connectivity index (χ1) is 9.69. The third-order valence-electron chi connectivity index (χ3n) is 4.01. The Morgan fingerprint density at radius 1 is 1.25 bits per heavy atom. The van der Waals surface area contributed by atoms with Gasteiger partial charge in [-0.3, -0.25) is 0 Å². The smallest absolute Gasteiger partial charge is 0.168 e. The van der Waals surface area contributed by atoms with Gasteiger partial charge in [-0.25, -0.2) is 4.39 Å². The summed E-state index contributed by atoms with van der Waals surface area (Å²) < 4.78 is 30.5. The molecule has 1 spiro atoms. The van der Waals surface area contributed by atoms with E-state index < -0.39 is 5.82 Å². The Morgan fingerprint density at radius 2 is 1.95 bits per heavy atom. The molecule has 3 nitrogen and oxygen atoms in total. The molecule has 0 aromatic heterocycles. The molecular weight excluding hydrogens is 283 g/mol. The van der Waals surface area contributed by atoms with Gasteiger partial charge in [-0.15, -0.1) is 0 Å². The van der Waals surface area contributed by atoms with E-state index in [2.05, 4.69) is 0 Å². The van der Waals surface area contributed by atoms with Gasteiger partial charge in [0.15, 0.2) is 5.79 Å².